The quantitative estimate of drug-likeness (QED) is 0.587. The molecule has 0 atom stereocenters. The summed E-state index contributed by atoms with van der Waals surface area (Å²) in [5.74, 6) is 0. The minimum atomic E-state index is -0.389. The number of nitrogens with two attached hydrogens (primary N) is 1. The summed E-state index contributed by atoms with van der Waals surface area (Å²) in [4.78, 5) is 12.2. The molecule has 5 heteroatoms. The van der Waals surface area contributed by atoms with E-state index in [9.17, 15) is 10.1 Å². The normalized spacial score (nSPS) is 10.0. The van der Waals surface area contributed by atoms with Crippen molar-refractivity contribution in [2.45, 2.75) is 6.92 Å². The second kappa shape index (κ2) is 5.31. The molecule has 0 spiro atoms. The molecule has 0 bridgehead atoms. The standard InChI is InChI=1S/C10H15N3O2/c1-2-12(7-6-11)9-4-3-5-10(8-9)13(14)15/h3-5,8H,2,6-7,11H2,1H3. The summed E-state index contributed by atoms with van der Waals surface area (Å²) >= 11 is 0. The molecule has 5 nitrogen and oxygen atoms in total. The summed E-state index contributed by atoms with van der Waals surface area (Å²) in [5, 5.41) is 10.6. The largest absolute Gasteiger partial charge is 0.370 e. The van der Waals surface area contributed by atoms with E-state index in [1.54, 1.807) is 12.1 Å². The van der Waals surface area contributed by atoms with Gasteiger partial charge in [-0.15, -0.1) is 0 Å². The van der Waals surface area contributed by atoms with Crippen LogP contribution in [0.25, 0.3) is 0 Å². The number of nitrogens with zero attached hydrogens (tertiary/aromatic N) is 2. The van der Waals surface area contributed by atoms with E-state index in [4.69, 9.17) is 5.73 Å². The number of hydrogen-bond donors (Lipinski definition) is 1. The van der Waals surface area contributed by atoms with Crippen LogP contribution in [0.5, 0.6) is 0 Å². The Bertz CT molecular complexity index is 341. The summed E-state index contributed by atoms with van der Waals surface area (Å²) in [5.41, 5.74) is 6.42. The van der Waals surface area contributed by atoms with Crippen molar-refractivity contribution in [2.75, 3.05) is 24.5 Å². The lowest BCUT2D eigenvalue weighted by Crippen LogP contribution is -2.28. The summed E-state index contributed by atoms with van der Waals surface area (Å²) < 4.78 is 0. The van der Waals surface area contributed by atoms with Crippen molar-refractivity contribution >= 4 is 11.4 Å². The highest BCUT2D eigenvalue weighted by Gasteiger charge is 2.09. The van der Waals surface area contributed by atoms with E-state index < -0.39 is 0 Å². The van der Waals surface area contributed by atoms with Gasteiger partial charge in [-0.05, 0) is 13.0 Å². The molecule has 15 heavy (non-hydrogen) atoms. The zero-order chi connectivity index (χ0) is 11.3. The molecule has 0 heterocycles. The van der Waals surface area contributed by atoms with Gasteiger partial charge < -0.3 is 10.6 Å². The number of hydrogen-bond acceptors (Lipinski definition) is 4. The van der Waals surface area contributed by atoms with Gasteiger partial charge in [0.25, 0.3) is 5.69 Å². The third-order valence-electron chi connectivity index (χ3n) is 2.19. The SMILES string of the molecule is CCN(CCN)c1cccc([N+](=O)[O-])c1. The van der Waals surface area contributed by atoms with Crippen molar-refractivity contribution in [3.05, 3.63) is 34.4 Å². The molecular weight excluding hydrogens is 194 g/mol. The molecule has 0 aliphatic rings. The molecule has 0 saturated heterocycles. The first-order valence-electron chi connectivity index (χ1n) is 4.88. The van der Waals surface area contributed by atoms with Gasteiger partial charge in [-0.3, -0.25) is 10.1 Å². The van der Waals surface area contributed by atoms with Crippen LogP contribution in [0.2, 0.25) is 0 Å². The highest BCUT2D eigenvalue weighted by Crippen LogP contribution is 2.20. The van der Waals surface area contributed by atoms with Gasteiger partial charge in [0.15, 0.2) is 0 Å². The van der Waals surface area contributed by atoms with Crippen LogP contribution < -0.4 is 10.6 Å². The van der Waals surface area contributed by atoms with Gasteiger partial charge in [-0.25, -0.2) is 0 Å². The summed E-state index contributed by atoms with van der Waals surface area (Å²) in [7, 11) is 0. The van der Waals surface area contributed by atoms with E-state index in [-0.39, 0.29) is 10.6 Å². The van der Waals surface area contributed by atoms with Crippen molar-refractivity contribution in [3.63, 3.8) is 0 Å². The molecule has 0 aromatic heterocycles. The fraction of sp³-hybridized carbons (Fsp3) is 0.400. The lowest BCUT2D eigenvalue weighted by atomic mass is 10.2. The van der Waals surface area contributed by atoms with Crippen molar-refractivity contribution < 1.29 is 4.92 Å². The molecule has 0 unspecified atom stereocenters. The molecule has 1 aromatic carbocycles. The molecule has 1 aromatic rings. The number of nitro groups is 1. The van der Waals surface area contributed by atoms with Gasteiger partial charge in [0, 0.05) is 37.5 Å². The van der Waals surface area contributed by atoms with Crippen molar-refractivity contribution in [1.29, 1.82) is 0 Å². The minimum absolute atomic E-state index is 0.114. The molecule has 2 N–H and O–H groups in total. The van der Waals surface area contributed by atoms with Gasteiger partial charge in [-0.1, -0.05) is 6.07 Å². The van der Waals surface area contributed by atoms with Crippen molar-refractivity contribution in [2.24, 2.45) is 5.73 Å². The summed E-state index contributed by atoms with van der Waals surface area (Å²) in [6.45, 7) is 4.03. The second-order valence-electron chi connectivity index (χ2n) is 3.15. The fourth-order valence-electron chi connectivity index (χ4n) is 1.43. The van der Waals surface area contributed by atoms with Crippen LogP contribution in [0.1, 0.15) is 6.92 Å². The van der Waals surface area contributed by atoms with Crippen LogP contribution in [0.15, 0.2) is 24.3 Å². The lowest BCUT2D eigenvalue weighted by Gasteiger charge is -2.21. The maximum atomic E-state index is 10.6. The minimum Gasteiger partial charge on any atom is -0.370 e. The first-order chi connectivity index (χ1) is 7.19. The van der Waals surface area contributed by atoms with Crippen LogP contribution in [-0.2, 0) is 0 Å². The predicted molar refractivity (Wildman–Crippen MR) is 60.0 cm³/mol. The van der Waals surface area contributed by atoms with E-state index >= 15 is 0 Å². The van der Waals surface area contributed by atoms with Gasteiger partial charge in [0.05, 0.1) is 4.92 Å². The number of likely N-dealkylation sites (N-methyl/N-ethyl adjacent to an activating group) is 1. The second-order valence-corrected chi connectivity index (χ2v) is 3.15. The number of anilines is 1. The number of rotatable bonds is 5. The lowest BCUT2D eigenvalue weighted by molar-refractivity contribution is -0.384. The van der Waals surface area contributed by atoms with Gasteiger partial charge in [0.2, 0.25) is 0 Å². The monoisotopic (exact) mass is 209 g/mol. The highest BCUT2D eigenvalue weighted by atomic mass is 16.6. The molecule has 0 amide bonds. The maximum Gasteiger partial charge on any atom is 0.271 e. The van der Waals surface area contributed by atoms with Crippen molar-refractivity contribution in [3.8, 4) is 0 Å². The smallest absolute Gasteiger partial charge is 0.271 e. The molecule has 0 aliphatic heterocycles. The Morgan fingerprint density at radius 1 is 1.53 bits per heavy atom. The number of non-ortho nitro benzene ring substituents is 1. The zero-order valence-corrected chi connectivity index (χ0v) is 8.72. The Hall–Kier alpha value is -1.62. The highest BCUT2D eigenvalue weighted by molar-refractivity contribution is 5.53. The Balaban J connectivity index is 2.92. The van der Waals surface area contributed by atoms with Crippen LogP contribution >= 0.6 is 0 Å². The van der Waals surface area contributed by atoms with Gasteiger partial charge >= 0.3 is 0 Å². The van der Waals surface area contributed by atoms with Crippen LogP contribution in [-0.4, -0.2) is 24.6 Å². The van der Waals surface area contributed by atoms with E-state index in [0.717, 1.165) is 12.2 Å². The average Bonchev–Trinajstić information content (AvgIpc) is 2.26. The predicted octanol–water partition coefficient (Wildman–Crippen LogP) is 1.38. The molecule has 1 rings (SSSR count). The third kappa shape index (κ3) is 2.92. The Labute approximate surface area is 88.6 Å². The summed E-state index contributed by atoms with van der Waals surface area (Å²) in [6, 6.07) is 6.59. The molecule has 0 fully saturated rings. The first kappa shape index (κ1) is 11.5. The maximum absolute atomic E-state index is 10.6. The molecule has 0 aliphatic carbocycles. The Morgan fingerprint density at radius 2 is 2.27 bits per heavy atom. The number of benzene rings is 1. The van der Waals surface area contributed by atoms with Crippen LogP contribution in [0, 0.1) is 10.1 Å². The van der Waals surface area contributed by atoms with Gasteiger partial charge in [-0.2, -0.15) is 0 Å². The Morgan fingerprint density at radius 3 is 2.80 bits per heavy atom. The number of nitro benzene ring substituents is 1. The molecule has 0 radical (unpaired) electrons. The zero-order valence-electron chi connectivity index (χ0n) is 8.72. The topological polar surface area (TPSA) is 72.4 Å². The Kier molecular flexibility index (Phi) is 4.05. The van der Waals surface area contributed by atoms with Gasteiger partial charge in [0.1, 0.15) is 0 Å². The molecule has 0 saturated carbocycles. The fourth-order valence-corrected chi connectivity index (χ4v) is 1.43. The van der Waals surface area contributed by atoms with Crippen LogP contribution in [0.3, 0.4) is 0 Å². The van der Waals surface area contributed by atoms with E-state index in [0.29, 0.717) is 13.1 Å². The van der Waals surface area contributed by atoms with E-state index in [1.165, 1.54) is 6.07 Å². The van der Waals surface area contributed by atoms with E-state index in [2.05, 4.69) is 0 Å². The van der Waals surface area contributed by atoms with Crippen LogP contribution in [0.4, 0.5) is 11.4 Å². The third-order valence-corrected chi connectivity index (χ3v) is 2.19. The van der Waals surface area contributed by atoms with E-state index in [1.807, 2.05) is 17.9 Å². The molecular formula is C10H15N3O2. The van der Waals surface area contributed by atoms with Crippen molar-refractivity contribution in [1.82, 2.24) is 0 Å². The average molecular weight is 209 g/mol. The molecule has 82 valence electrons. The summed E-state index contributed by atoms with van der Waals surface area (Å²) in [6.07, 6.45) is 0. The first-order valence-corrected chi connectivity index (χ1v) is 4.88.